The van der Waals surface area contributed by atoms with Crippen LogP contribution in [0.4, 0.5) is 0 Å². The van der Waals surface area contributed by atoms with Gasteiger partial charge in [-0.25, -0.2) is 0 Å². The first kappa shape index (κ1) is 19.6. The van der Waals surface area contributed by atoms with Crippen LogP contribution >= 0.6 is 0 Å². The van der Waals surface area contributed by atoms with Gasteiger partial charge in [-0.2, -0.15) is 0 Å². The third kappa shape index (κ3) is 6.20. The molecule has 0 aromatic rings. The Kier molecular flexibility index (Phi) is 7.59. The lowest BCUT2D eigenvalue weighted by atomic mass is 9.92. The van der Waals surface area contributed by atoms with Gasteiger partial charge >= 0.3 is 0 Å². The van der Waals surface area contributed by atoms with Crippen LogP contribution in [0.25, 0.3) is 0 Å². The molecule has 0 bridgehead atoms. The van der Waals surface area contributed by atoms with Gasteiger partial charge in [-0.15, -0.1) is 0 Å². The number of piperidine rings is 1. The van der Waals surface area contributed by atoms with Crippen LogP contribution in [0.2, 0.25) is 0 Å². The highest BCUT2D eigenvalue weighted by molar-refractivity contribution is 4.78. The summed E-state index contributed by atoms with van der Waals surface area (Å²) in [6, 6.07) is 0.829. The highest BCUT2D eigenvalue weighted by Crippen LogP contribution is 2.21. The normalized spacial score (nSPS) is 33.5. The van der Waals surface area contributed by atoms with Crippen molar-refractivity contribution in [3.8, 4) is 0 Å². The van der Waals surface area contributed by atoms with E-state index in [1.807, 2.05) is 0 Å². The first-order valence-electron chi connectivity index (χ1n) is 11.0. The highest BCUT2D eigenvalue weighted by Gasteiger charge is 2.23. The zero-order valence-corrected chi connectivity index (χ0v) is 17.1. The molecule has 0 N–H and O–H groups in total. The molecule has 0 saturated carbocycles. The summed E-state index contributed by atoms with van der Waals surface area (Å²) in [5, 5.41) is 0. The van der Waals surface area contributed by atoms with Crippen molar-refractivity contribution < 1.29 is 0 Å². The largest absolute Gasteiger partial charge is 0.303 e. The van der Waals surface area contributed by atoms with Gasteiger partial charge in [0.15, 0.2) is 0 Å². The molecule has 3 rings (SSSR count). The summed E-state index contributed by atoms with van der Waals surface area (Å²) >= 11 is 0. The first-order chi connectivity index (χ1) is 12.1. The Bertz CT molecular complexity index is 378. The summed E-state index contributed by atoms with van der Waals surface area (Å²) in [6.07, 6.45) is 6.94. The molecule has 3 aliphatic rings. The lowest BCUT2D eigenvalue weighted by Crippen LogP contribution is -2.40. The predicted octanol–water partition coefficient (Wildman–Crippen LogP) is 2.80. The molecule has 3 saturated heterocycles. The van der Waals surface area contributed by atoms with Gasteiger partial charge in [0, 0.05) is 45.3 Å². The summed E-state index contributed by atoms with van der Waals surface area (Å²) in [5.74, 6) is 1.79. The summed E-state index contributed by atoms with van der Waals surface area (Å²) in [5.41, 5.74) is 0. The van der Waals surface area contributed by atoms with Crippen molar-refractivity contribution in [2.45, 2.75) is 58.9 Å². The Labute approximate surface area is 156 Å². The monoisotopic (exact) mass is 350 g/mol. The molecule has 25 heavy (non-hydrogen) atoms. The minimum atomic E-state index is 0.829. The summed E-state index contributed by atoms with van der Waals surface area (Å²) in [6.45, 7) is 20.2. The molecule has 4 heteroatoms. The van der Waals surface area contributed by atoms with Crippen LogP contribution in [0.15, 0.2) is 0 Å². The van der Waals surface area contributed by atoms with Crippen molar-refractivity contribution >= 4 is 0 Å². The van der Waals surface area contributed by atoms with Gasteiger partial charge in [-0.05, 0) is 70.5 Å². The Balaban J connectivity index is 1.24. The molecule has 0 aromatic heterocycles. The van der Waals surface area contributed by atoms with Crippen LogP contribution in [0.5, 0.6) is 0 Å². The maximum atomic E-state index is 2.71. The lowest BCUT2D eigenvalue weighted by Gasteiger charge is -2.35. The van der Waals surface area contributed by atoms with Crippen LogP contribution in [-0.4, -0.2) is 91.2 Å². The molecule has 146 valence electrons. The van der Waals surface area contributed by atoms with Gasteiger partial charge in [-0.1, -0.05) is 13.8 Å². The Morgan fingerprint density at radius 3 is 1.92 bits per heavy atom. The quantitative estimate of drug-likeness (QED) is 0.667. The lowest BCUT2D eigenvalue weighted by molar-refractivity contribution is 0.133. The van der Waals surface area contributed by atoms with E-state index in [4.69, 9.17) is 0 Å². The van der Waals surface area contributed by atoms with Crippen molar-refractivity contribution in [3.63, 3.8) is 0 Å². The Hall–Kier alpha value is -0.160. The average molecular weight is 351 g/mol. The van der Waals surface area contributed by atoms with Crippen molar-refractivity contribution in [2.24, 2.45) is 11.8 Å². The second-order valence-corrected chi connectivity index (χ2v) is 9.32. The van der Waals surface area contributed by atoms with Gasteiger partial charge in [0.2, 0.25) is 0 Å². The first-order valence-corrected chi connectivity index (χ1v) is 11.0. The summed E-state index contributed by atoms with van der Waals surface area (Å²) < 4.78 is 0. The number of likely N-dealkylation sites (tertiary alicyclic amines) is 2. The predicted molar refractivity (Wildman–Crippen MR) is 107 cm³/mol. The smallest absolute Gasteiger partial charge is 0.0507 e. The molecule has 3 heterocycles. The molecule has 3 fully saturated rings. The third-order valence-corrected chi connectivity index (χ3v) is 6.64. The Morgan fingerprint density at radius 2 is 1.32 bits per heavy atom. The molecular formula is C21H42N4. The fourth-order valence-corrected chi connectivity index (χ4v) is 5.39. The number of hydrogen-bond acceptors (Lipinski definition) is 4. The molecule has 4 nitrogen and oxygen atoms in total. The van der Waals surface area contributed by atoms with Gasteiger partial charge in [0.1, 0.15) is 0 Å². The molecule has 3 unspecified atom stereocenters. The van der Waals surface area contributed by atoms with Crippen molar-refractivity contribution in [2.75, 3.05) is 65.6 Å². The summed E-state index contributed by atoms with van der Waals surface area (Å²) in [7, 11) is 0. The van der Waals surface area contributed by atoms with E-state index in [9.17, 15) is 0 Å². The SMILES string of the molecule is CC1CC(C)CN(CCCN2CCN(CCCN3CCCC3C)C2)C1. The molecular weight excluding hydrogens is 308 g/mol. The summed E-state index contributed by atoms with van der Waals surface area (Å²) in [4.78, 5) is 10.7. The van der Waals surface area contributed by atoms with Crippen LogP contribution < -0.4 is 0 Å². The number of hydrogen-bond donors (Lipinski definition) is 0. The van der Waals surface area contributed by atoms with E-state index < -0.39 is 0 Å². The topological polar surface area (TPSA) is 13.0 Å². The van der Waals surface area contributed by atoms with Crippen molar-refractivity contribution in [1.82, 2.24) is 19.6 Å². The third-order valence-electron chi connectivity index (χ3n) is 6.64. The maximum absolute atomic E-state index is 2.71. The average Bonchev–Trinajstić information content (AvgIpc) is 3.16. The van der Waals surface area contributed by atoms with Crippen LogP contribution in [0.1, 0.15) is 52.9 Å². The fourth-order valence-electron chi connectivity index (χ4n) is 5.39. The van der Waals surface area contributed by atoms with Crippen molar-refractivity contribution in [3.05, 3.63) is 0 Å². The van der Waals surface area contributed by atoms with E-state index in [1.54, 1.807) is 0 Å². The number of rotatable bonds is 8. The molecule has 0 aromatic carbocycles. The van der Waals surface area contributed by atoms with E-state index in [0.717, 1.165) is 17.9 Å². The standard InChI is InChI=1S/C21H42N4/c1-19-15-20(2)17-24(16-19)10-5-8-22-13-14-23(18-22)9-6-12-25-11-4-7-21(25)3/h19-21H,4-18H2,1-3H3. The van der Waals surface area contributed by atoms with Gasteiger partial charge < -0.3 is 9.80 Å². The van der Waals surface area contributed by atoms with E-state index in [1.165, 1.54) is 97.7 Å². The zero-order valence-electron chi connectivity index (χ0n) is 17.1. The van der Waals surface area contributed by atoms with Crippen LogP contribution in [-0.2, 0) is 0 Å². The minimum Gasteiger partial charge on any atom is -0.303 e. The molecule has 0 amide bonds. The van der Waals surface area contributed by atoms with Crippen molar-refractivity contribution in [1.29, 1.82) is 0 Å². The second kappa shape index (κ2) is 9.68. The zero-order chi connectivity index (χ0) is 17.6. The fraction of sp³-hybridized carbons (Fsp3) is 1.00. The van der Waals surface area contributed by atoms with Gasteiger partial charge in [0.25, 0.3) is 0 Å². The highest BCUT2D eigenvalue weighted by atomic mass is 15.4. The minimum absolute atomic E-state index is 0.829. The van der Waals surface area contributed by atoms with Gasteiger partial charge in [0.05, 0.1) is 6.67 Å². The van der Waals surface area contributed by atoms with Gasteiger partial charge in [-0.3, -0.25) is 9.80 Å². The molecule has 3 aliphatic heterocycles. The molecule has 0 aliphatic carbocycles. The molecule has 0 radical (unpaired) electrons. The molecule has 3 atom stereocenters. The van der Waals surface area contributed by atoms with E-state index in [2.05, 4.69) is 40.4 Å². The Morgan fingerprint density at radius 1 is 0.720 bits per heavy atom. The van der Waals surface area contributed by atoms with Crippen LogP contribution in [0, 0.1) is 11.8 Å². The molecule has 0 spiro atoms. The number of nitrogens with zero attached hydrogens (tertiary/aromatic N) is 4. The van der Waals surface area contributed by atoms with Crippen LogP contribution in [0.3, 0.4) is 0 Å². The van der Waals surface area contributed by atoms with E-state index in [-0.39, 0.29) is 0 Å². The maximum Gasteiger partial charge on any atom is 0.0507 e. The second-order valence-electron chi connectivity index (χ2n) is 9.32. The van der Waals surface area contributed by atoms with E-state index >= 15 is 0 Å². The van der Waals surface area contributed by atoms with E-state index in [0.29, 0.717) is 0 Å².